The summed E-state index contributed by atoms with van der Waals surface area (Å²) in [4.78, 5) is 16.3. The van der Waals surface area contributed by atoms with Crippen molar-refractivity contribution in [3.05, 3.63) is 92.9 Å². The molecule has 0 aliphatic heterocycles. The van der Waals surface area contributed by atoms with Crippen molar-refractivity contribution in [2.75, 3.05) is 0 Å². The first-order valence-corrected chi connectivity index (χ1v) is 16.2. The number of thiophene rings is 1. The molecule has 3 heterocycles. The molecule has 42 heavy (non-hydrogen) atoms. The SMILES string of the molecule is Cc1csc(-c2cc(-c3nn(-c4nc(C(=O)O)cs4)c(CC4CC4)c3Cc3ccc(S(N)(=O)=O)cc3F)ccc2F)c1. The molecule has 0 radical (unpaired) electrons. The van der Waals surface area contributed by atoms with Crippen LogP contribution in [-0.2, 0) is 22.9 Å². The Morgan fingerprint density at radius 2 is 1.88 bits per heavy atom. The Balaban J connectivity index is 1.55. The van der Waals surface area contributed by atoms with Crippen molar-refractivity contribution in [2.24, 2.45) is 11.1 Å². The monoisotopic (exact) mass is 626 g/mol. The predicted molar refractivity (Wildman–Crippen MR) is 157 cm³/mol. The van der Waals surface area contributed by atoms with Gasteiger partial charge in [-0.15, -0.1) is 22.7 Å². The van der Waals surface area contributed by atoms with Crippen LogP contribution >= 0.6 is 22.7 Å². The van der Waals surface area contributed by atoms with E-state index >= 15 is 8.78 Å². The van der Waals surface area contributed by atoms with Crippen LogP contribution in [0.3, 0.4) is 0 Å². The standard InChI is InChI=1S/C29H24F2N4O4S3/c1-15-8-26(40-13-15)20-11-18(5-7-22(20)30)27-21(10-17-4-6-19(12-23(17)31)42(32,38)39)25(9-16-2-3-16)35(34-27)29-33-24(14-41-29)28(36)37/h4-8,11-14,16H,2-3,9-10H2,1H3,(H,36,37)(H2,32,38,39). The lowest BCUT2D eigenvalue weighted by Gasteiger charge is -2.11. The molecule has 0 atom stereocenters. The molecule has 2 aromatic carbocycles. The Morgan fingerprint density at radius 1 is 1.10 bits per heavy atom. The van der Waals surface area contributed by atoms with Gasteiger partial charge < -0.3 is 5.11 Å². The fourth-order valence-corrected chi connectivity index (χ4v) is 7.01. The number of aryl methyl sites for hydroxylation is 1. The third kappa shape index (κ3) is 5.64. The minimum Gasteiger partial charge on any atom is -0.476 e. The summed E-state index contributed by atoms with van der Waals surface area (Å²) in [6.45, 7) is 1.93. The topological polar surface area (TPSA) is 128 Å². The van der Waals surface area contributed by atoms with E-state index in [4.69, 9.17) is 10.2 Å². The summed E-state index contributed by atoms with van der Waals surface area (Å²) in [6, 6.07) is 10.1. The van der Waals surface area contributed by atoms with Crippen molar-refractivity contribution in [3.63, 3.8) is 0 Å². The molecule has 1 fully saturated rings. The maximum Gasteiger partial charge on any atom is 0.355 e. The van der Waals surface area contributed by atoms with E-state index in [0.717, 1.165) is 46.4 Å². The highest BCUT2D eigenvalue weighted by molar-refractivity contribution is 7.89. The molecule has 3 N–H and O–H groups in total. The predicted octanol–water partition coefficient (Wildman–Crippen LogP) is 6.20. The number of nitrogens with two attached hydrogens (primary N) is 1. The van der Waals surface area contributed by atoms with Crippen molar-refractivity contribution >= 4 is 38.7 Å². The lowest BCUT2D eigenvalue weighted by atomic mass is 9.95. The molecule has 1 aliphatic rings. The number of benzene rings is 2. The Labute approximate surface area is 248 Å². The number of aromatic carboxylic acids is 1. The zero-order valence-corrected chi connectivity index (χ0v) is 24.6. The van der Waals surface area contributed by atoms with Gasteiger partial charge in [-0.2, -0.15) is 5.10 Å². The van der Waals surface area contributed by atoms with Gasteiger partial charge in [-0.3, -0.25) is 0 Å². The molecule has 0 spiro atoms. The normalized spacial score (nSPS) is 13.5. The lowest BCUT2D eigenvalue weighted by Crippen LogP contribution is -2.13. The number of nitrogens with zero attached hydrogens (tertiary/aromatic N) is 3. The number of sulfonamides is 1. The number of halogens is 2. The van der Waals surface area contributed by atoms with Crippen LogP contribution in [0.4, 0.5) is 8.78 Å². The molecule has 0 saturated heterocycles. The average Bonchev–Trinajstić information content (AvgIpc) is 3.28. The number of hydrogen-bond donors (Lipinski definition) is 2. The van der Waals surface area contributed by atoms with E-state index in [0.29, 0.717) is 39.9 Å². The van der Waals surface area contributed by atoms with Gasteiger partial charge in [0.2, 0.25) is 15.2 Å². The summed E-state index contributed by atoms with van der Waals surface area (Å²) in [7, 11) is -4.10. The molecule has 5 aromatic rings. The first-order chi connectivity index (χ1) is 20.0. The molecule has 1 aliphatic carbocycles. The van der Waals surface area contributed by atoms with E-state index in [2.05, 4.69) is 4.98 Å². The van der Waals surface area contributed by atoms with Crippen LogP contribution in [0.25, 0.3) is 26.8 Å². The van der Waals surface area contributed by atoms with Crippen molar-refractivity contribution in [2.45, 2.75) is 37.5 Å². The second kappa shape index (κ2) is 10.8. The molecule has 3 aromatic heterocycles. The molecule has 1 saturated carbocycles. The number of carboxylic acids is 1. The van der Waals surface area contributed by atoms with E-state index in [1.165, 1.54) is 34.9 Å². The molecule has 6 rings (SSSR count). The first kappa shape index (κ1) is 28.3. The minimum atomic E-state index is -4.10. The van der Waals surface area contributed by atoms with Crippen molar-refractivity contribution in [1.29, 1.82) is 0 Å². The number of carboxylic acid groups (broad SMARTS) is 1. The highest BCUT2D eigenvalue weighted by Crippen LogP contribution is 2.40. The number of hydrogen-bond acceptors (Lipinski definition) is 7. The number of carbonyl (C=O) groups is 1. The van der Waals surface area contributed by atoms with Crippen molar-refractivity contribution in [1.82, 2.24) is 14.8 Å². The smallest absolute Gasteiger partial charge is 0.355 e. The third-order valence-electron chi connectivity index (χ3n) is 7.12. The number of thiazole rings is 1. The quantitative estimate of drug-likeness (QED) is 0.201. The fourth-order valence-electron chi connectivity index (χ4n) is 4.80. The Kier molecular flexibility index (Phi) is 7.29. The Hall–Kier alpha value is -3.78. The first-order valence-electron chi connectivity index (χ1n) is 12.9. The van der Waals surface area contributed by atoms with E-state index in [1.54, 1.807) is 16.8 Å². The van der Waals surface area contributed by atoms with E-state index in [-0.39, 0.29) is 22.6 Å². The maximum atomic E-state index is 15.3. The van der Waals surface area contributed by atoms with Gasteiger partial charge in [0.05, 0.1) is 16.3 Å². The largest absolute Gasteiger partial charge is 0.476 e. The number of rotatable bonds is 9. The molecule has 0 bridgehead atoms. The molecule has 13 heteroatoms. The van der Waals surface area contributed by atoms with E-state index in [1.807, 2.05) is 18.4 Å². The van der Waals surface area contributed by atoms with Crippen molar-refractivity contribution < 1.29 is 27.1 Å². The molecule has 8 nitrogen and oxygen atoms in total. The highest BCUT2D eigenvalue weighted by atomic mass is 32.2. The van der Waals surface area contributed by atoms with Crippen LogP contribution in [0.5, 0.6) is 0 Å². The number of primary sulfonamides is 1. The Bertz CT molecular complexity index is 1960. The van der Waals surface area contributed by atoms with Crippen LogP contribution in [0.1, 0.15) is 45.7 Å². The zero-order valence-electron chi connectivity index (χ0n) is 22.2. The highest BCUT2D eigenvalue weighted by Gasteiger charge is 2.30. The maximum absolute atomic E-state index is 15.3. The summed E-state index contributed by atoms with van der Waals surface area (Å²) in [5.41, 5.74) is 3.99. The van der Waals surface area contributed by atoms with Crippen molar-refractivity contribution in [3.8, 4) is 26.8 Å². The van der Waals surface area contributed by atoms with Crippen LogP contribution in [0.2, 0.25) is 0 Å². The zero-order chi connectivity index (χ0) is 29.8. The summed E-state index contributed by atoms with van der Waals surface area (Å²) in [6.07, 6.45) is 2.66. The van der Waals surface area contributed by atoms with Gasteiger partial charge >= 0.3 is 5.97 Å². The summed E-state index contributed by atoms with van der Waals surface area (Å²) in [5, 5.41) is 23.2. The second-order valence-corrected chi connectivity index (χ2v) is 13.6. The molecule has 0 amide bonds. The third-order valence-corrected chi connectivity index (χ3v) is 9.93. The molecular weight excluding hydrogens is 603 g/mol. The fraction of sp³-hybridized carbons (Fsp3) is 0.207. The van der Waals surface area contributed by atoms with Crippen LogP contribution in [-0.4, -0.2) is 34.3 Å². The lowest BCUT2D eigenvalue weighted by molar-refractivity contribution is 0.0691. The second-order valence-electron chi connectivity index (χ2n) is 10.3. The van der Waals surface area contributed by atoms with Gasteiger partial charge in [0.1, 0.15) is 11.6 Å². The van der Waals surface area contributed by atoms with Gasteiger partial charge in [-0.05, 0) is 85.0 Å². The van der Waals surface area contributed by atoms with Gasteiger partial charge in [0, 0.05) is 33.4 Å². The van der Waals surface area contributed by atoms with E-state index in [9.17, 15) is 18.3 Å². The van der Waals surface area contributed by atoms with Gasteiger partial charge in [-0.25, -0.2) is 36.8 Å². The molecule has 0 unspecified atom stereocenters. The molecular formula is C29H24F2N4O4S3. The summed E-state index contributed by atoms with van der Waals surface area (Å²) < 4.78 is 55.5. The van der Waals surface area contributed by atoms with Gasteiger partial charge in [-0.1, -0.05) is 6.07 Å². The van der Waals surface area contributed by atoms with Gasteiger partial charge in [0.15, 0.2) is 5.69 Å². The van der Waals surface area contributed by atoms with E-state index < -0.39 is 27.6 Å². The van der Waals surface area contributed by atoms with Crippen LogP contribution in [0.15, 0.2) is 58.1 Å². The van der Waals surface area contributed by atoms with Crippen LogP contribution < -0.4 is 5.14 Å². The average molecular weight is 627 g/mol. The number of aromatic nitrogens is 3. The molecule has 216 valence electrons. The van der Waals surface area contributed by atoms with Gasteiger partial charge in [0.25, 0.3) is 0 Å². The summed E-state index contributed by atoms with van der Waals surface area (Å²) in [5.74, 6) is -1.93. The Morgan fingerprint density at radius 3 is 2.50 bits per heavy atom. The van der Waals surface area contributed by atoms with Crippen LogP contribution in [0, 0.1) is 24.5 Å². The minimum absolute atomic E-state index is 0.0517. The summed E-state index contributed by atoms with van der Waals surface area (Å²) >= 11 is 2.55.